The van der Waals surface area contributed by atoms with E-state index in [1.54, 1.807) is 0 Å². The van der Waals surface area contributed by atoms with Gasteiger partial charge in [-0.15, -0.1) is 11.6 Å². The molecule has 0 heterocycles. The maximum atomic E-state index is 5.40. The van der Waals surface area contributed by atoms with Crippen molar-refractivity contribution in [3.05, 3.63) is 0 Å². The van der Waals surface area contributed by atoms with E-state index in [0.29, 0.717) is 6.04 Å². The summed E-state index contributed by atoms with van der Waals surface area (Å²) in [6.07, 6.45) is 6.09. The molecule has 1 atom stereocenters. The second-order valence-electron chi connectivity index (χ2n) is 3.16. The minimum atomic E-state index is 0.398. The van der Waals surface area contributed by atoms with Crippen LogP contribution in [0.2, 0.25) is 0 Å². The van der Waals surface area contributed by atoms with Crippen molar-refractivity contribution >= 4 is 11.6 Å². The lowest BCUT2D eigenvalue weighted by Gasteiger charge is -1.96. The Morgan fingerprint density at radius 3 is 1.83 bits per heavy atom. The lowest BCUT2D eigenvalue weighted by Crippen LogP contribution is -2.13. The highest BCUT2D eigenvalue weighted by atomic mass is 35.5. The largest absolute Gasteiger partial charge is 0.328 e. The molecule has 1 unspecified atom stereocenters. The van der Waals surface area contributed by atoms with Crippen molar-refractivity contribution < 1.29 is 0 Å². The molecular weight excluding hydrogens is 170 g/mol. The van der Waals surface area contributed by atoms with Crippen molar-refractivity contribution in [3.8, 4) is 0 Å². The zero-order valence-corrected chi connectivity index (χ0v) is 9.53. The highest BCUT2D eigenvalue weighted by Crippen LogP contribution is 1.93. The molecule has 0 saturated carbocycles. The fraction of sp³-hybridized carbons (Fsp3) is 1.00. The van der Waals surface area contributed by atoms with Crippen molar-refractivity contribution in [1.29, 1.82) is 0 Å². The molecule has 0 aliphatic heterocycles. The Balaban J connectivity index is 0. The first-order valence-corrected chi connectivity index (χ1v) is 5.53. The van der Waals surface area contributed by atoms with Gasteiger partial charge in [-0.25, -0.2) is 0 Å². The molecule has 0 spiro atoms. The standard InChI is InChI=1S/C5H11Cl.C5H13N/c1-2-3-4-5-6;1-3-4-5(2)6/h2-5H2,1H3;5H,3-4,6H2,1-2H3. The van der Waals surface area contributed by atoms with Crippen LogP contribution in [0.4, 0.5) is 0 Å². The van der Waals surface area contributed by atoms with Crippen LogP contribution in [0, 0.1) is 0 Å². The molecule has 2 heteroatoms. The van der Waals surface area contributed by atoms with Gasteiger partial charge in [0.1, 0.15) is 0 Å². The molecule has 76 valence electrons. The van der Waals surface area contributed by atoms with Gasteiger partial charge in [0.2, 0.25) is 0 Å². The zero-order valence-electron chi connectivity index (χ0n) is 8.78. The third-order valence-corrected chi connectivity index (χ3v) is 1.75. The first-order chi connectivity index (χ1) is 5.68. The Bertz CT molecular complexity index is 60.9. The van der Waals surface area contributed by atoms with Crippen LogP contribution in [0.5, 0.6) is 0 Å². The molecule has 0 amide bonds. The van der Waals surface area contributed by atoms with Gasteiger partial charge in [-0.1, -0.05) is 33.1 Å². The Hall–Kier alpha value is 0.250. The van der Waals surface area contributed by atoms with Crippen molar-refractivity contribution in [2.45, 2.75) is 58.9 Å². The molecule has 0 aromatic rings. The molecular formula is C10H24ClN. The highest BCUT2D eigenvalue weighted by molar-refractivity contribution is 6.17. The van der Waals surface area contributed by atoms with Crippen molar-refractivity contribution in [3.63, 3.8) is 0 Å². The number of hydrogen-bond donors (Lipinski definition) is 1. The van der Waals surface area contributed by atoms with Crippen LogP contribution >= 0.6 is 11.6 Å². The molecule has 0 aliphatic rings. The van der Waals surface area contributed by atoms with Gasteiger partial charge in [-0.2, -0.15) is 0 Å². The first-order valence-electron chi connectivity index (χ1n) is 5.00. The Labute approximate surface area is 82.7 Å². The summed E-state index contributed by atoms with van der Waals surface area (Å²) in [7, 11) is 0. The number of alkyl halides is 1. The molecule has 0 rings (SSSR count). The fourth-order valence-electron chi connectivity index (χ4n) is 0.800. The molecule has 0 saturated heterocycles. The van der Waals surface area contributed by atoms with E-state index in [9.17, 15) is 0 Å². The van der Waals surface area contributed by atoms with Crippen LogP contribution in [-0.2, 0) is 0 Å². The van der Waals surface area contributed by atoms with Crippen LogP contribution < -0.4 is 5.73 Å². The summed E-state index contributed by atoms with van der Waals surface area (Å²) in [5, 5.41) is 0. The number of halogens is 1. The van der Waals surface area contributed by atoms with Crippen molar-refractivity contribution in [2.75, 3.05) is 5.88 Å². The van der Waals surface area contributed by atoms with E-state index >= 15 is 0 Å². The molecule has 2 N–H and O–H groups in total. The summed E-state index contributed by atoms with van der Waals surface area (Å²) in [5.41, 5.74) is 5.40. The van der Waals surface area contributed by atoms with E-state index in [2.05, 4.69) is 13.8 Å². The van der Waals surface area contributed by atoms with Crippen LogP contribution in [-0.4, -0.2) is 11.9 Å². The van der Waals surface area contributed by atoms with Gasteiger partial charge in [-0.3, -0.25) is 0 Å². The smallest absolute Gasteiger partial charge is 0.0223 e. The predicted octanol–water partition coefficient (Wildman–Crippen LogP) is 3.55. The van der Waals surface area contributed by atoms with E-state index in [-0.39, 0.29) is 0 Å². The van der Waals surface area contributed by atoms with E-state index in [1.165, 1.54) is 25.7 Å². The molecule has 0 fully saturated rings. The van der Waals surface area contributed by atoms with Gasteiger partial charge in [0.05, 0.1) is 0 Å². The molecule has 12 heavy (non-hydrogen) atoms. The summed E-state index contributed by atoms with van der Waals surface area (Å²) in [6, 6.07) is 0.398. The maximum absolute atomic E-state index is 5.40. The number of hydrogen-bond acceptors (Lipinski definition) is 1. The van der Waals surface area contributed by atoms with Gasteiger partial charge >= 0.3 is 0 Å². The normalized spacial score (nSPS) is 11.8. The van der Waals surface area contributed by atoms with Crippen LogP contribution in [0.15, 0.2) is 0 Å². The molecule has 0 bridgehead atoms. The molecule has 0 aromatic heterocycles. The van der Waals surface area contributed by atoms with Crippen LogP contribution in [0.1, 0.15) is 52.9 Å². The van der Waals surface area contributed by atoms with Gasteiger partial charge in [0, 0.05) is 11.9 Å². The number of rotatable bonds is 5. The van der Waals surface area contributed by atoms with Gasteiger partial charge in [-0.05, 0) is 19.8 Å². The molecule has 0 aliphatic carbocycles. The van der Waals surface area contributed by atoms with Crippen LogP contribution in [0.3, 0.4) is 0 Å². The van der Waals surface area contributed by atoms with E-state index < -0.39 is 0 Å². The third-order valence-electron chi connectivity index (χ3n) is 1.48. The SMILES string of the molecule is CCCC(C)N.CCCCCCl. The van der Waals surface area contributed by atoms with E-state index in [1.807, 2.05) is 6.92 Å². The van der Waals surface area contributed by atoms with Gasteiger partial charge in [0.25, 0.3) is 0 Å². The van der Waals surface area contributed by atoms with Gasteiger partial charge in [0.15, 0.2) is 0 Å². The second kappa shape index (κ2) is 13.8. The lowest BCUT2D eigenvalue weighted by atomic mass is 10.2. The monoisotopic (exact) mass is 193 g/mol. The summed E-state index contributed by atoms with van der Waals surface area (Å²) < 4.78 is 0. The minimum absolute atomic E-state index is 0.398. The van der Waals surface area contributed by atoms with E-state index in [0.717, 1.165) is 12.3 Å². The average Bonchev–Trinajstić information content (AvgIpc) is 2.02. The van der Waals surface area contributed by atoms with Crippen LogP contribution in [0.25, 0.3) is 0 Å². The average molecular weight is 194 g/mol. The topological polar surface area (TPSA) is 26.0 Å². The minimum Gasteiger partial charge on any atom is -0.328 e. The Morgan fingerprint density at radius 2 is 1.75 bits per heavy atom. The summed E-state index contributed by atoms with van der Waals surface area (Å²) in [4.78, 5) is 0. The third kappa shape index (κ3) is 22.5. The highest BCUT2D eigenvalue weighted by Gasteiger charge is 1.85. The lowest BCUT2D eigenvalue weighted by molar-refractivity contribution is 0.653. The predicted molar refractivity (Wildman–Crippen MR) is 58.8 cm³/mol. The van der Waals surface area contributed by atoms with E-state index in [4.69, 9.17) is 17.3 Å². The van der Waals surface area contributed by atoms with Crippen molar-refractivity contribution in [1.82, 2.24) is 0 Å². The second-order valence-corrected chi connectivity index (χ2v) is 3.54. The van der Waals surface area contributed by atoms with Gasteiger partial charge < -0.3 is 5.73 Å². The molecule has 1 nitrogen and oxygen atoms in total. The number of unbranched alkanes of at least 4 members (excludes halogenated alkanes) is 2. The Kier molecular flexibility index (Phi) is 17.0. The van der Waals surface area contributed by atoms with Crippen molar-refractivity contribution in [2.24, 2.45) is 5.73 Å². The zero-order chi connectivity index (χ0) is 9.82. The number of nitrogens with two attached hydrogens (primary N) is 1. The quantitative estimate of drug-likeness (QED) is 0.525. The summed E-state index contributed by atoms with van der Waals surface area (Å²) in [5.74, 6) is 0.827. The molecule has 0 radical (unpaired) electrons. The maximum Gasteiger partial charge on any atom is 0.0223 e. The molecule has 0 aromatic carbocycles. The fourth-order valence-corrected chi connectivity index (χ4v) is 0.989. The summed E-state index contributed by atoms with van der Waals surface area (Å²) >= 11 is 5.38. The Morgan fingerprint density at radius 1 is 1.17 bits per heavy atom. The first kappa shape index (κ1) is 14.8. The summed E-state index contributed by atoms with van der Waals surface area (Å²) in [6.45, 7) is 6.35.